The number of thiazole rings is 1. The van der Waals surface area contributed by atoms with Gasteiger partial charge in [-0.15, -0.1) is 0 Å². The summed E-state index contributed by atoms with van der Waals surface area (Å²) in [5.41, 5.74) is 2.47. The van der Waals surface area contributed by atoms with Crippen LogP contribution in [0.5, 0.6) is 0 Å². The first-order chi connectivity index (χ1) is 12.8. The van der Waals surface area contributed by atoms with Gasteiger partial charge in [-0.05, 0) is 47.7 Å². The number of carbonyl (C=O) groups excluding carboxylic acids is 1. The Morgan fingerprint density at radius 1 is 1.26 bits per heavy atom. The molecule has 27 heavy (non-hydrogen) atoms. The van der Waals surface area contributed by atoms with Crippen molar-refractivity contribution < 1.29 is 4.79 Å². The number of halogens is 3. The molecule has 0 atom stereocenters. The molecule has 1 amide bonds. The maximum absolute atomic E-state index is 12.8. The van der Waals surface area contributed by atoms with Gasteiger partial charge in [0.25, 0.3) is 5.91 Å². The molecule has 0 unspecified atom stereocenters. The molecule has 0 fully saturated rings. The zero-order valence-electron chi connectivity index (χ0n) is 14.8. The van der Waals surface area contributed by atoms with E-state index in [1.54, 1.807) is 12.1 Å². The second kappa shape index (κ2) is 8.65. The van der Waals surface area contributed by atoms with Gasteiger partial charge in [0.1, 0.15) is 10.0 Å². The molecule has 1 aromatic carbocycles. The fourth-order valence-corrected chi connectivity index (χ4v) is 3.98. The summed E-state index contributed by atoms with van der Waals surface area (Å²) in [6, 6.07) is 7.22. The molecule has 1 N–H and O–H groups in total. The molecule has 4 nitrogen and oxygen atoms in total. The van der Waals surface area contributed by atoms with Crippen LogP contribution in [0.2, 0.25) is 14.4 Å². The molecule has 0 aliphatic rings. The van der Waals surface area contributed by atoms with E-state index in [1.807, 2.05) is 22.9 Å². The first kappa shape index (κ1) is 20.2. The Balaban J connectivity index is 1.92. The highest BCUT2D eigenvalue weighted by Gasteiger charge is 2.17. The number of hydrogen-bond acceptors (Lipinski definition) is 3. The number of benzene rings is 1. The number of anilines is 1. The first-order valence-electron chi connectivity index (χ1n) is 8.37. The number of amides is 1. The molecule has 0 saturated heterocycles. The Bertz CT molecular complexity index is 965. The molecule has 0 bridgehead atoms. The van der Waals surface area contributed by atoms with Crippen molar-refractivity contribution in [1.82, 2.24) is 9.55 Å². The Kier molecular flexibility index (Phi) is 6.48. The van der Waals surface area contributed by atoms with Crippen LogP contribution < -0.4 is 5.32 Å². The highest BCUT2D eigenvalue weighted by molar-refractivity contribution is 7.19. The summed E-state index contributed by atoms with van der Waals surface area (Å²) in [7, 11) is 0. The van der Waals surface area contributed by atoms with Gasteiger partial charge in [-0.25, -0.2) is 4.98 Å². The number of nitrogens with zero attached hydrogens (tertiary/aromatic N) is 2. The van der Waals surface area contributed by atoms with Crippen molar-refractivity contribution in [3.63, 3.8) is 0 Å². The lowest BCUT2D eigenvalue weighted by atomic mass is 10.1. The van der Waals surface area contributed by atoms with E-state index in [1.165, 1.54) is 17.5 Å². The van der Waals surface area contributed by atoms with Gasteiger partial charge in [-0.3, -0.25) is 10.1 Å². The van der Waals surface area contributed by atoms with E-state index in [-0.39, 0.29) is 5.91 Å². The number of carbonyl (C=O) groups is 1. The van der Waals surface area contributed by atoms with Gasteiger partial charge in [0.05, 0.1) is 6.20 Å². The van der Waals surface area contributed by atoms with Crippen molar-refractivity contribution in [2.75, 3.05) is 5.32 Å². The number of aromatic nitrogens is 2. The summed E-state index contributed by atoms with van der Waals surface area (Å²) >= 11 is 19.5. The van der Waals surface area contributed by atoms with Gasteiger partial charge < -0.3 is 4.57 Å². The minimum Gasteiger partial charge on any atom is -0.339 e. The second-order valence-corrected chi connectivity index (χ2v) is 9.12. The maximum atomic E-state index is 12.8. The molecule has 0 aliphatic heterocycles. The third-order valence-corrected chi connectivity index (χ3v) is 5.51. The maximum Gasteiger partial charge on any atom is 0.274 e. The zero-order chi connectivity index (χ0) is 19.6. The van der Waals surface area contributed by atoms with Crippen LogP contribution >= 0.6 is 46.1 Å². The quantitative estimate of drug-likeness (QED) is 0.480. The molecule has 2 heterocycles. The molecule has 8 heteroatoms. The SMILES string of the molecule is CC(C)Cc1cc(C(=O)Nc2ncc(Cl)s2)n(Cc2cc(Cl)ccc2Cl)c1. The standard InChI is InChI=1S/C19H18Cl3N3OS/c1-11(2)5-12-6-16(18(26)24-19-23-8-17(22)27-19)25(9-12)10-13-7-14(20)3-4-15(13)21/h3-4,6-9,11H,5,10H2,1-2H3,(H,23,24,26). The molecule has 3 aromatic rings. The number of nitrogens with one attached hydrogen (secondary N) is 1. The van der Waals surface area contributed by atoms with Crippen LogP contribution in [0.3, 0.4) is 0 Å². The Hall–Kier alpha value is -1.53. The fourth-order valence-electron chi connectivity index (χ4n) is 2.80. The van der Waals surface area contributed by atoms with Crippen molar-refractivity contribution in [2.24, 2.45) is 5.92 Å². The molecule has 0 aliphatic carbocycles. The summed E-state index contributed by atoms with van der Waals surface area (Å²) in [6.07, 6.45) is 4.37. The van der Waals surface area contributed by atoms with Crippen LogP contribution in [-0.4, -0.2) is 15.5 Å². The Morgan fingerprint density at radius 3 is 2.70 bits per heavy atom. The molecular weight excluding hydrogens is 425 g/mol. The van der Waals surface area contributed by atoms with Crippen molar-refractivity contribution in [3.05, 3.63) is 67.9 Å². The lowest BCUT2D eigenvalue weighted by molar-refractivity contribution is 0.101. The predicted molar refractivity (Wildman–Crippen MR) is 114 cm³/mol. The van der Waals surface area contributed by atoms with E-state index < -0.39 is 0 Å². The van der Waals surface area contributed by atoms with Crippen molar-refractivity contribution in [1.29, 1.82) is 0 Å². The lowest BCUT2D eigenvalue weighted by Gasteiger charge is -2.10. The molecule has 0 radical (unpaired) electrons. The van der Waals surface area contributed by atoms with Crippen molar-refractivity contribution in [3.8, 4) is 0 Å². The minimum absolute atomic E-state index is 0.242. The van der Waals surface area contributed by atoms with E-state index in [0.717, 1.165) is 17.5 Å². The normalized spacial score (nSPS) is 11.2. The van der Waals surface area contributed by atoms with Crippen LogP contribution in [0.25, 0.3) is 0 Å². The fraction of sp³-hybridized carbons (Fsp3) is 0.263. The monoisotopic (exact) mass is 441 g/mol. The van der Waals surface area contributed by atoms with E-state index in [0.29, 0.717) is 37.7 Å². The average molecular weight is 443 g/mol. The molecule has 3 rings (SSSR count). The summed E-state index contributed by atoms with van der Waals surface area (Å²) < 4.78 is 2.41. The number of rotatable bonds is 6. The largest absolute Gasteiger partial charge is 0.339 e. The van der Waals surface area contributed by atoms with Crippen LogP contribution in [0.1, 0.15) is 35.5 Å². The van der Waals surface area contributed by atoms with Gasteiger partial charge in [-0.1, -0.05) is 60.0 Å². The summed E-state index contributed by atoms with van der Waals surface area (Å²) in [6.45, 7) is 4.73. The molecule has 0 saturated carbocycles. The predicted octanol–water partition coefficient (Wildman–Crippen LogP) is 6.40. The summed E-state index contributed by atoms with van der Waals surface area (Å²) in [5, 5.41) is 4.48. The first-order valence-corrected chi connectivity index (χ1v) is 10.3. The van der Waals surface area contributed by atoms with Gasteiger partial charge >= 0.3 is 0 Å². The molecule has 0 spiro atoms. The minimum atomic E-state index is -0.242. The zero-order valence-corrected chi connectivity index (χ0v) is 17.9. The van der Waals surface area contributed by atoms with Gasteiger partial charge in [0.15, 0.2) is 5.13 Å². The Morgan fingerprint density at radius 2 is 2.04 bits per heavy atom. The van der Waals surface area contributed by atoms with Crippen molar-refractivity contribution in [2.45, 2.75) is 26.8 Å². The second-order valence-electron chi connectivity index (χ2n) is 6.62. The highest BCUT2D eigenvalue weighted by atomic mass is 35.5. The van der Waals surface area contributed by atoms with Crippen LogP contribution in [0.4, 0.5) is 5.13 Å². The van der Waals surface area contributed by atoms with E-state index in [4.69, 9.17) is 34.8 Å². The summed E-state index contributed by atoms with van der Waals surface area (Å²) in [5.74, 6) is 0.235. The van der Waals surface area contributed by atoms with Crippen LogP contribution in [0, 0.1) is 5.92 Å². The van der Waals surface area contributed by atoms with E-state index in [9.17, 15) is 4.79 Å². The van der Waals surface area contributed by atoms with Gasteiger partial charge in [0, 0.05) is 22.8 Å². The smallest absolute Gasteiger partial charge is 0.274 e. The summed E-state index contributed by atoms with van der Waals surface area (Å²) in [4.78, 5) is 16.9. The van der Waals surface area contributed by atoms with E-state index in [2.05, 4.69) is 24.1 Å². The highest BCUT2D eigenvalue weighted by Crippen LogP contribution is 2.25. The van der Waals surface area contributed by atoms with E-state index >= 15 is 0 Å². The molecular formula is C19H18Cl3N3OS. The number of hydrogen-bond donors (Lipinski definition) is 1. The Labute approximate surface area is 177 Å². The topological polar surface area (TPSA) is 46.9 Å². The third kappa shape index (κ3) is 5.26. The van der Waals surface area contributed by atoms with Crippen molar-refractivity contribution >= 4 is 57.2 Å². The van der Waals surface area contributed by atoms with Crippen LogP contribution in [0.15, 0.2) is 36.7 Å². The molecule has 142 valence electrons. The third-order valence-electron chi connectivity index (χ3n) is 3.88. The van der Waals surface area contributed by atoms with Gasteiger partial charge in [-0.2, -0.15) is 0 Å². The lowest BCUT2D eigenvalue weighted by Crippen LogP contribution is -2.17. The molecule has 2 aromatic heterocycles. The average Bonchev–Trinajstić information content (AvgIpc) is 3.16. The van der Waals surface area contributed by atoms with Gasteiger partial charge in [0.2, 0.25) is 0 Å². The van der Waals surface area contributed by atoms with Crippen LogP contribution in [-0.2, 0) is 13.0 Å².